The van der Waals surface area contributed by atoms with Crippen LogP contribution < -0.4 is 10.6 Å². The summed E-state index contributed by atoms with van der Waals surface area (Å²) in [5.41, 5.74) is 1.32. The van der Waals surface area contributed by atoms with Gasteiger partial charge in [0.1, 0.15) is 5.76 Å². The molecule has 1 amide bonds. The van der Waals surface area contributed by atoms with Crippen molar-refractivity contribution in [1.82, 2.24) is 10.3 Å². The number of anilines is 1. The zero-order valence-electron chi connectivity index (χ0n) is 11.0. The van der Waals surface area contributed by atoms with Gasteiger partial charge in [-0.1, -0.05) is 0 Å². The maximum absolute atomic E-state index is 11.8. The molecule has 19 heavy (non-hydrogen) atoms. The van der Waals surface area contributed by atoms with Gasteiger partial charge in [0.15, 0.2) is 0 Å². The fourth-order valence-electron chi connectivity index (χ4n) is 1.61. The van der Waals surface area contributed by atoms with Crippen LogP contribution >= 0.6 is 0 Å². The van der Waals surface area contributed by atoms with Gasteiger partial charge in [0.2, 0.25) is 0 Å². The van der Waals surface area contributed by atoms with E-state index < -0.39 is 0 Å². The van der Waals surface area contributed by atoms with E-state index in [-0.39, 0.29) is 11.9 Å². The summed E-state index contributed by atoms with van der Waals surface area (Å²) < 4.78 is 5.22. The van der Waals surface area contributed by atoms with E-state index in [0.717, 1.165) is 11.4 Å². The average Bonchev–Trinajstić information content (AvgIpc) is 2.89. The van der Waals surface area contributed by atoms with Crippen LogP contribution in [0.1, 0.15) is 30.0 Å². The second kappa shape index (κ2) is 6.04. The number of hydrogen-bond donors (Lipinski definition) is 2. The fourth-order valence-corrected chi connectivity index (χ4v) is 1.61. The summed E-state index contributed by atoms with van der Waals surface area (Å²) in [6.07, 6.45) is 4.85. The molecule has 5 heteroatoms. The molecule has 5 nitrogen and oxygen atoms in total. The molecular weight excluding hydrogens is 242 g/mol. The minimum atomic E-state index is -0.121. The number of nitrogens with zero attached hydrogens (tertiary/aromatic N) is 1. The molecule has 2 N–H and O–H groups in total. The lowest BCUT2D eigenvalue weighted by Gasteiger charge is -2.09. The van der Waals surface area contributed by atoms with Crippen LogP contribution in [0.15, 0.2) is 41.3 Å². The second-order valence-electron chi connectivity index (χ2n) is 4.52. The molecule has 0 spiro atoms. The Labute approximate surface area is 112 Å². The third kappa shape index (κ3) is 3.84. The van der Waals surface area contributed by atoms with E-state index in [1.807, 2.05) is 26.0 Å². The van der Waals surface area contributed by atoms with Crippen molar-refractivity contribution in [1.29, 1.82) is 0 Å². The summed E-state index contributed by atoms with van der Waals surface area (Å²) in [6.45, 7) is 4.40. The monoisotopic (exact) mass is 259 g/mol. The Morgan fingerprint density at radius 1 is 1.42 bits per heavy atom. The van der Waals surface area contributed by atoms with Crippen molar-refractivity contribution in [2.75, 3.05) is 5.32 Å². The highest BCUT2D eigenvalue weighted by atomic mass is 16.3. The Morgan fingerprint density at radius 3 is 2.95 bits per heavy atom. The molecule has 0 aliphatic heterocycles. The Balaban J connectivity index is 2.00. The minimum absolute atomic E-state index is 0.104. The topological polar surface area (TPSA) is 67.2 Å². The molecule has 2 aromatic heterocycles. The number of nitrogens with one attached hydrogen (secondary N) is 2. The van der Waals surface area contributed by atoms with Gasteiger partial charge in [-0.3, -0.25) is 9.78 Å². The van der Waals surface area contributed by atoms with Gasteiger partial charge < -0.3 is 15.1 Å². The molecule has 2 heterocycles. The molecule has 0 aliphatic carbocycles. The van der Waals surface area contributed by atoms with Crippen molar-refractivity contribution >= 4 is 11.6 Å². The SMILES string of the molecule is CC(C)NC(=O)c1cncc(NCc2ccco2)c1. The first-order valence-corrected chi connectivity index (χ1v) is 6.17. The van der Waals surface area contributed by atoms with Crippen LogP contribution in [-0.4, -0.2) is 16.9 Å². The van der Waals surface area contributed by atoms with Crippen LogP contribution in [0.5, 0.6) is 0 Å². The third-order valence-electron chi connectivity index (χ3n) is 2.47. The van der Waals surface area contributed by atoms with Crippen molar-refractivity contribution in [3.63, 3.8) is 0 Å². The Morgan fingerprint density at radius 2 is 2.26 bits per heavy atom. The van der Waals surface area contributed by atoms with Crippen molar-refractivity contribution in [2.24, 2.45) is 0 Å². The number of carbonyl (C=O) groups excluding carboxylic acids is 1. The molecule has 0 saturated heterocycles. The van der Waals surface area contributed by atoms with E-state index in [1.165, 1.54) is 0 Å². The highest BCUT2D eigenvalue weighted by Gasteiger charge is 2.08. The number of amides is 1. The van der Waals surface area contributed by atoms with Crippen molar-refractivity contribution in [2.45, 2.75) is 26.4 Å². The number of carbonyl (C=O) groups is 1. The first-order valence-electron chi connectivity index (χ1n) is 6.17. The Hall–Kier alpha value is -2.30. The predicted octanol–water partition coefficient (Wildman–Crippen LogP) is 2.42. The lowest BCUT2D eigenvalue weighted by molar-refractivity contribution is 0.0943. The van der Waals surface area contributed by atoms with Gasteiger partial charge >= 0.3 is 0 Å². The van der Waals surface area contributed by atoms with Gasteiger partial charge in [0.05, 0.1) is 24.1 Å². The largest absolute Gasteiger partial charge is 0.467 e. The second-order valence-corrected chi connectivity index (χ2v) is 4.52. The molecule has 2 aromatic rings. The third-order valence-corrected chi connectivity index (χ3v) is 2.47. The summed E-state index contributed by atoms with van der Waals surface area (Å²) >= 11 is 0. The Bertz CT molecular complexity index is 535. The lowest BCUT2D eigenvalue weighted by atomic mass is 10.2. The van der Waals surface area contributed by atoms with Gasteiger partial charge in [-0.25, -0.2) is 0 Å². The number of aromatic nitrogens is 1. The highest BCUT2D eigenvalue weighted by Crippen LogP contribution is 2.11. The molecule has 100 valence electrons. The molecule has 0 atom stereocenters. The molecule has 0 unspecified atom stereocenters. The van der Waals surface area contributed by atoms with Gasteiger partial charge in [-0.05, 0) is 32.0 Å². The number of rotatable bonds is 5. The molecule has 0 aliphatic rings. The maximum Gasteiger partial charge on any atom is 0.253 e. The van der Waals surface area contributed by atoms with E-state index in [1.54, 1.807) is 24.7 Å². The quantitative estimate of drug-likeness (QED) is 0.865. The fraction of sp³-hybridized carbons (Fsp3) is 0.286. The van der Waals surface area contributed by atoms with Crippen LogP contribution in [0.4, 0.5) is 5.69 Å². The van der Waals surface area contributed by atoms with Crippen molar-refractivity contribution in [3.8, 4) is 0 Å². The van der Waals surface area contributed by atoms with Crippen LogP contribution in [-0.2, 0) is 6.54 Å². The number of hydrogen-bond acceptors (Lipinski definition) is 4. The molecule has 0 bridgehead atoms. The number of pyridine rings is 1. The van der Waals surface area contributed by atoms with Crippen LogP contribution in [0.25, 0.3) is 0 Å². The van der Waals surface area contributed by atoms with E-state index in [0.29, 0.717) is 12.1 Å². The summed E-state index contributed by atoms with van der Waals surface area (Å²) in [5, 5.41) is 5.99. The standard InChI is InChI=1S/C14H17N3O2/c1-10(2)17-14(18)11-6-12(8-15-7-11)16-9-13-4-3-5-19-13/h3-8,10,16H,9H2,1-2H3,(H,17,18). The molecule has 0 aromatic carbocycles. The first kappa shape index (κ1) is 13.1. The zero-order valence-corrected chi connectivity index (χ0v) is 11.0. The molecule has 2 rings (SSSR count). The summed E-state index contributed by atoms with van der Waals surface area (Å²) in [6, 6.07) is 5.60. The zero-order chi connectivity index (χ0) is 13.7. The minimum Gasteiger partial charge on any atom is -0.467 e. The normalized spacial score (nSPS) is 10.5. The van der Waals surface area contributed by atoms with Crippen molar-refractivity contribution < 1.29 is 9.21 Å². The maximum atomic E-state index is 11.8. The average molecular weight is 259 g/mol. The van der Waals surface area contributed by atoms with Gasteiger partial charge in [0.25, 0.3) is 5.91 Å². The van der Waals surface area contributed by atoms with E-state index >= 15 is 0 Å². The van der Waals surface area contributed by atoms with Gasteiger partial charge in [-0.15, -0.1) is 0 Å². The van der Waals surface area contributed by atoms with Crippen molar-refractivity contribution in [3.05, 3.63) is 48.2 Å². The van der Waals surface area contributed by atoms with Crippen LogP contribution in [0.3, 0.4) is 0 Å². The summed E-state index contributed by atoms with van der Waals surface area (Å²) in [7, 11) is 0. The number of furan rings is 1. The molecule has 0 fully saturated rings. The first-order chi connectivity index (χ1) is 9.15. The predicted molar refractivity (Wildman–Crippen MR) is 72.9 cm³/mol. The highest BCUT2D eigenvalue weighted by molar-refractivity contribution is 5.94. The molecular formula is C14H17N3O2. The van der Waals surface area contributed by atoms with E-state index in [2.05, 4.69) is 15.6 Å². The van der Waals surface area contributed by atoms with E-state index in [4.69, 9.17) is 4.42 Å². The van der Waals surface area contributed by atoms with Crippen LogP contribution in [0, 0.1) is 0 Å². The Kier molecular flexibility index (Phi) is 4.18. The molecule has 0 saturated carbocycles. The van der Waals surface area contributed by atoms with Gasteiger partial charge in [-0.2, -0.15) is 0 Å². The van der Waals surface area contributed by atoms with Gasteiger partial charge in [0, 0.05) is 18.4 Å². The summed E-state index contributed by atoms with van der Waals surface area (Å²) in [5.74, 6) is 0.709. The lowest BCUT2D eigenvalue weighted by Crippen LogP contribution is -2.30. The van der Waals surface area contributed by atoms with E-state index in [9.17, 15) is 4.79 Å². The van der Waals surface area contributed by atoms with Crippen LogP contribution in [0.2, 0.25) is 0 Å². The summed E-state index contributed by atoms with van der Waals surface area (Å²) in [4.78, 5) is 15.9. The smallest absolute Gasteiger partial charge is 0.253 e. The molecule has 0 radical (unpaired) electrons.